The molecule has 0 amide bonds. The molecule has 0 saturated carbocycles. The molecule has 0 aliphatic rings. The number of rotatable bonds is 4. The van der Waals surface area contributed by atoms with E-state index < -0.39 is 5.97 Å². The first-order chi connectivity index (χ1) is 10.3. The number of hydrogen-bond acceptors (Lipinski definition) is 5. The molecule has 0 radical (unpaired) electrons. The molecule has 0 aliphatic heterocycles. The standard InChI is InChI=1S/C15H16Cl2N2O3/c1-15(2,3)14-18-11(22-19-14)7-8-12(20)21-13-9(16)5-4-6-10(13)17/h4-6H,7-8H2,1-3H3. The SMILES string of the molecule is CC(C)(C)c1noc(CCC(=O)Oc2c(Cl)cccc2Cl)n1. The third-order valence-electron chi connectivity index (χ3n) is 2.82. The van der Waals surface area contributed by atoms with Gasteiger partial charge >= 0.3 is 5.97 Å². The summed E-state index contributed by atoms with van der Waals surface area (Å²) in [5.41, 5.74) is -0.201. The Hall–Kier alpha value is -1.59. The molecule has 2 rings (SSSR count). The quantitative estimate of drug-likeness (QED) is 0.614. The van der Waals surface area contributed by atoms with E-state index in [1.165, 1.54) is 0 Å². The first kappa shape index (κ1) is 16.8. The van der Waals surface area contributed by atoms with Gasteiger partial charge in [-0.1, -0.05) is 55.2 Å². The van der Waals surface area contributed by atoms with Gasteiger partial charge in [-0.05, 0) is 12.1 Å². The highest BCUT2D eigenvalue weighted by molar-refractivity contribution is 6.37. The molecule has 0 N–H and O–H groups in total. The van der Waals surface area contributed by atoms with Crippen LogP contribution in [0.3, 0.4) is 0 Å². The lowest BCUT2D eigenvalue weighted by Gasteiger charge is -2.10. The van der Waals surface area contributed by atoms with Crippen LogP contribution >= 0.6 is 23.2 Å². The maximum atomic E-state index is 11.9. The largest absolute Gasteiger partial charge is 0.423 e. The maximum Gasteiger partial charge on any atom is 0.311 e. The minimum absolute atomic E-state index is 0.0906. The van der Waals surface area contributed by atoms with E-state index in [1.807, 2.05) is 20.8 Å². The van der Waals surface area contributed by atoms with Crippen LogP contribution in [0.4, 0.5) is 0 Å². The number of hydrogen-bond donors (Lipinski definition) is 0. The summed E-state index contributed by atoms with van der Waals surface area (Å²) in [5.74, 6) is 0.694. The number of carbonyl (C=O) groups excluding carboxylic acids is 1. The average Bonchev–Trinajstić information content (AvgIpc) is 2.90. The zero-order valence-corrected chi connectivity index (χ0v) is 14.0. The van der Waals surface area contributed by atoms with Crippen LogP contribution in [-0.2, 0) is 16.6 Å². The van der Waals surface area contributed by atoms with Gasteiger partial charge in [0, 0.05) is 11.8 Å². The Morgan fingerprint density at radius 1 is 1.27 bits per heavy atom. The van der Waals surface area contributed by atoms with E-state index in [2.05, 4.69) is 10.1 Å². The summed E-state index contributed by atoms with van der Waals surface area (Å²) in [6.45, 7) is 5.94. The van der Waals surface area contributed by atoms with Gasteiger partial charge in [-0.2, -0.15) is 4.98 Å². The van der Waals surface area contributed by atoms with E-state index in [9.17, 15) is 4.79 Å². The van der Waals surface area contributed by atoms with E-state index in [1.54, 1.807) is 18.2 Å². The molecular weight excluding hydrogens is 327 g/mol. The summed E-state index contributed by atoms with van der Waals surface area (Å²) in [4.78, 5) is 16.1. The van der Waals surface area contributed by atoms with Crippen molar-refractivity contribution in [2.45, 2.75) is 39.0 Å². The summed E-state index contributed by atoms with van der Waals surface area (Å²) >= 11 is 11.9. The second kappa shape index (κ2) is 6.67. The Balaban J connectivity index is 1.95. The van der Waals surface area contributed by atoms with Gasteiger partial charge in [0.1, 0.15) is 0 Å². The number of ether oxygens (including phenoxy) is 1. The highest BCUT2D eigenvalue weighted by Gasteiger charge is 2.21. The van der Waals surface area contributed by atoms with Gasteiger partial charge < -0.3 is 9.26 Å². The Morgan fingerprint density at radius 2 is 1.91 bits per heavy atom. The minimum atomic E-state index is -0.467. The van der Waals surface area contributed by atoms with Crippen molar-refractivity contribution in [3.05, 3.63) is 40.0 Å². The van der Waals surface area contributed by atoms with Crippen LogP contribution in [0.15, 0.2) is 22.7 Å². The minimum Gasteiger partial charge on any atom is -0.423 e. The zero-order chi connectivity index (χ0) is 16.3. The van der Waals surface area contributed by atoms with E-state index in [0.717, 1.165) is 0 Å². The van der Waals surface area contributed by atoms with Crippen molar-refractivity contribution < 1.29 is 14.1 Å². The normalized spacial score (nSPS) is 11.5. The van der Waals surface area contributed by atoms with Gasteiger partial charge in [0.15, 0.2) is 11.6 Å². The fourth-order valence-electron chi connectivity index (χ4n) is 1.61. The number of carbonyl (C=O) groups is 1. The number of benzene rings is 1. The van der Waals surface area contributed by atoms with Gasteiger partial charge in [-0.3, -0.25) is 4.79 Å². The lowest BCUT2D eigenvalue weighted by atomic mass is 9.96. The van der Waals surface area contributed by atoms with Crippen LogP contribution in [0.25, 0.3) is 0 Å². The molecule has 0 atom stereocenters. The molecule has 1 aromatic heterocycles. The Bertz CT molecular complexity index is 657. The predicted molar refractivity (Wildman–Crippen MR) is 83.4 cm³/mol. The molecule has 0 fully saturated rings. The van der Waals surface area contributed by atoms with Crippen molar-refractivity contribution in [3.8, 4) is 5.75 Å². The molecule has 1 heterocycles. The van der Waals surface area contributed by atoms with Crippen LogP contribution in [0.2, 0.25) is 10.0 Å². The van der Waals surface area contributed by atoms with Crippen LogP contribution in [0.5, 0.6) is 5.75 Å². The molecule has 22 heavy (non-hydrogen) atoms. The van der Waals surface area contributed by atoms with E-state index in [0.29, 0.717) is 18.1 Å². The lowest BCUT2D eigenvalue weighted by molar-refractivity contribution is -0.134. The summed E-state index contributed by atoms with van der Waals surface area (Å²) in [6.07, 6.45) is 0.386. The van der Waals surface area contributed by atoms with Gasteiger partial charge in [-0.15, -0.1) is 0 Å². The number of halogens is 2. The van der Waals surface area contributed by atoms with Crippen LogP contribution < -0.4 is 4.74 Å². The van der Waals surface area contributed by atoms with E-state index in [-0.39, 0.29) is 27.6 Å². The number of aryl methyl sites for hydroxylation is 1. The summed E-state index contributed by atoms with van der Waals surface area (Å²) in [7, 11) is 0. The van der Waals surface area contributed by atoms with Crippen molar-refractivity contribution in [2.24, 2.45) is 0 Å². The molecule has 0 saturated heterocycles. The Morgan fingerprint density at radius 3 is 2.45 bits per heavy atom. The lowest BCUT2D eigenvalue weighted by Crippen LogP contribution is -2.13. The van der Waals surface area contributed by atoms with Crippen molar-refractivity contribution in [1.82, 2.24) is 10.1 Å². The van der Waals surface area contributed by atoms with Crippen LogP contribution in [0, 0.1) is 0 Å². The fraction of sp³-hybridized carbons (Fsp3) is 0.400. The van der Waals surface area contributed by atoms with Crippen LogP contribution in [0.1, 0.15) is 38.9 Å². The van der Waals surface area contributed by atoms with Crippen molar-refractivity contribution >= 4 is 29.2 Å². The maximum absolute atomic E-state index is 11.9. The number of esters is 1. The molecule has 5 nitrogen and oxygen atoms in total. The summed E-state index contributed by atoms with van der Waals surface area (Å²) in [6, 6.07) is 4.88. The van der Waals surface area contributed by atoms with Gasteiger partial charge in [0.25, 0.3) is 0 Å². The Labute approximate surface area is 138 Å². The molecule has 118 valence electrons. The molecule has 0 unspecified atom stereocenters. The second-order valence-corrected chi connectivity index (χ2v) is 6.60. The van der Waals surface area contributed by atoms with Gasteiger partial charge in [0.05, 0.1) is 16.5 Å². The van der Waals surface area contributed by atoms with Gasteiger partial charge in [-0.25, -0.2) is 0 Å². The predicted octanol–water partition coefficient (Wildman–Crippen LogP) is 4.21. The van der Waals surface area contributed by atoms with Crippen LogP contribution in [-0.4, -0.2) is 16.1 Å². The first-order valence-corrected chi connectivity index (χ1v) is 7.50. The average molecular weight is 343 g/mol. The molecule has 0 bridgehead atoms. The number of aromatic nitrogens is 2. The van der Waals surface area contributed by atoms with Crippen molar-refractivity contribution in [1.29, 1.82) is 0 Å². The summed E-state index contributed by atoms with van der Waals surface area (Å²) < 4.78 is 10.3. The molecule has 0 spiro atoms. The Kier molecular flexibility index (Phi) is 5.08. The first-order valence-electron chi connectivity index (χ1n) is 6.75. The molecule has 2 aromatic rings. The zero-order valence-electron chi connectivity index (χ0n) is 12.5. The summed E-state index contributed by atoms with van der Waals surface area (Å²) in [5, 5.41) is 4.47. The molecule has 7 heteroatoms. The molecular formula is C15H16Cl2N2O3. The fourth-order valence-corrected chi connectivity index (χ4v) is 2.09. The number of para-hydroxylation sites is 1. The third kappa shape index (κ3) is 4.21. The second-order valence-electron chi connectivity index (χ2n) is 5.79. The van der Waals surface area contributed by atoms with Crippen molar-refractivity contribution in [3.63, 3.8) is 0 Å². The van der Waals surface area contributed by atoms with Crippen molar-refractivity contribution in [2.75, 3.05) is 0 Å². The number of nitrogens with zero attached hydrogens (tertiary/aromatic N) is 2. The molecule has 1 aromatic carbocycles. The topological polar surface area (TPSA) is 65.2 Å². The van der Waals surface area contributed by atoms with E-state index >= 15 is 0 Å². The van der Waals surface area contributed by atoms with Gasteiger partial charge in [0.2, 0.25) is 5.89 Å². The smallest absolute Gasteiger partial charge is 0.311 e. The van der Waals surface area contributed by atoms with E-state index in [4.69, 9.17) is 32.5 Å². The molecule has 0 aliphatic carbocycles. The third-order valence-corrected chi connectivity index (χ3v) is 3.41. The highest BCUT2D eigenvalue weighted by Crippen LogP contribution is 2.32. The highest BCUT2D eigenvalue weighted by atomic mass is 35.5. The monoisotopic (exact) mass is 342 g/mol.